The van der Waals surface area contributed by atoms with Gasteiger partial charge in [0.05, 0.1) is 22.5 Å². The highest BCUT2D eigenvalue weighted by atomic mass is 35.5. The van der Waals surface area contributed by atoms with E-state index < -0.39 is 5.91 Å². The van der Waals surface area contributed by atoms with Crippen LogP contribution in [-0.2, 0) is 0 Å². The van der Waals surface area contributed by atoms with Crippen molar-refractivity contribution in [3.8, 4) is 5.75 Å². The van der Waals surface area contributed by atoms with Crippen LogP contribution in [0.3, 0.4) is 0 Å². The van der Waals surface area contributed by atoms with Crippen LogP contribution in [0.2, 0.25) is 5.02 Å². The third-order valence-corrected chi connectivity index (χ3v) is 4.54. The van der Waals surface area contributed by atoms with Gasteiger partial charge in [-0.05, 0) is 29.0 Å². The summed E-state index contributed by atoms with van der Waals surface area (Å²) in [6.07, 6.45) is 1.44. The summed E-state index contributed by atoms with van der Waals surface area (Å²) < 4.78 is 0. The van der Waals surface area contributed by atoms with Crippen molar-refractivity contribution in [2.75, 3.05) is 0 Å². The van der Waals surface area contributed by atoms with Crippen LogP contribution in [0.1, 0.15) is 16.1 Å². The van der Waals surface area contributed by atoms with Crippen LogP contribution in [0.5, 0.6) is 5.75 Å². The van der Waals surface area contributed by atoms with Gasteiger partial charge < -0.3 is 10.1 Å². The first-order valence-electron chi connectivity index (χ1n) is 7.95. The van der Waals surface area contributed by atoms with Gasteiger partial charge in [0.1, 0.15) is 5.75 Å². The second-order valence-corrected chi connectivity index (χ2v) is 6.19. The Balaban J connectivity index is 1.57. The lowest BCUT2D eigenvalue weighted by Gasteiger charge is -2.05. The van der Waals surface area contributed by atoms with Gasteiger partial charge >= 0.3 is 0 Å². The third kappa shape index (κ3) is 2.89. The zero-order chi connectivity index (χ0) is 18.1. The van der Waals surface area contributed by atoms with Gasteiger partial charge in [-0.25, -0.2) is 5.43 Å². The topological polar surface area (TPSA) is 77.5 Å². The van der Waals surface area contributed by atoms with Crippen LogP contribution >= 0.6 is 11.6 Å². The van der Waals surface area contributed by atoms with Crippen molar-refractivity contribution in [3.63, 3.8) is 0 Å². The fourth-order valence-corrected chi connectivity index (χ4v) is 3.10. The van der Waals surface area contributed by atoms with Gasteiger partial charge in [0.15, 0.2) is 0 Å². The maximum absolute atomic E-state index is 12.3. The van der Waals surface area contributed by atoms with Gasteiger partial charge in [0.25, 0.3) is 5.91 Å². The summed E-state index contributed by atoms with van der Waals surface area (Å²) >= 11 is 6.30. The number of aromatic hydroxyl groups is 1. The molecule has 26 heavy (non-hydrogen) atoms. The molecule has 0 atom stereocenters. The molecule has 0 bridgehead atoms. The first-order chi connectivity index (χ1) is 12.6. The van der Waals surface area contributed by atoms with E-state index in [-0.39, 0.29) is 11.3 Å². The number of hydrogen-bond acceptors (Lipinski definition) is 3. The lowest BCUT2D eigenvalue weighted by molar-refractivity contribution is 0.0952. The van der Waals surface area contributed by atoms with Crippen LogP contribution in [0.15, 0.2) is 65.8 Å². The van der Waals surface area contributed by atoms with Crippen molar-refractivity contribution in [3.05, 3.63) is 76.9 Å². The zero-order valence-corrected chi connectivity index (χ0v) is 14.3. The number of hydrazone groups is 1. The number of hydrogen-bond donors (Lipinski definition) is 3. The molecule has 0 aliphatic carbocycles. The number of aromatic nitrogens is 1. The molecule has 3 N–H and O–H groups in total. The Hall–Kier alpha value is -3.31. The number of rotatable bonds is 3. The Kier molecular flexibility index (Phi) is 4.07. The van der Waals surface area contributed by atoms with E-state index in [0.717, 1.165) is 21.7 Å². The predicted molar refractivity (Wildman–Crippen MR) is 104 cm³/mol. The number of amides is 1. The number of aromatic amines is 1. The van der Waals surface area contributed by atoms with Gasteiger partial charge in [-0.3, -0.25) is 4.79 Å². The second kappa shape index (κ2) is 6.54. The maximum atomic E-state index is 12.3. The quantitative estimate of drug-likeness (QED) is 0.371. The molecule has 1 amide bonds. The second-order valence-electron chi connectivity index (χ2n) is 5.81. The number of carbonyl (C=O) groups is 1. The number of para-hydroxylation sites is 1. The van der Waals surface area contributed by atoms with E-state index in [4.69, 9.17) is 11.6 Å². The first kappa shape index (κ1) is 16.2. The molecule has 3 aromatic carbocycles. The normalized spacial score (nSPS) is 11.4. The third-order valence-electron chi connectivity index (χ3n) is 4.14. The molecular weight excluding hydrogens is 350 g/mol. The molecule has 128 valence electrons. The largest absolute Gasteiger partial charge is 0.507 e. The van der Waals surface area contributed by atoms with Crippen LogP contribution < -0.4 is 5.43 Å². The number of nitrogens with zero attached hydrogens (tertiary/aromatic N) is 1. The smallest absolute Gasteiger partial charge is 0.275 e. The Morgan fingerprint density at radius 1 is 1.08 bits per heavy atom. The summed E-state index contributed by atoms with van der Waals surface area (Å²) in [6, 6.07) is 18.3. The van der Waals surface area contributed by atoms with Crippen molar-refractivity contribution in [2.24, 2.45) is 5.10 Å². The number of phenols is 1. The number of nitrogens with one attached hydrogen (secondary N) is 2. The van der Waals surface area contributed by atoms with Crippen molar-refractivity contribution < 1.29 is 9.90 Å². The number of benzene rings is 3. The molecule has 1 heterocycles. The lowest BCUT2D eigenvalue weighted by atomic mass is 10.1. The summed E-state index contributed by atoms with van der Waals surface area (Å²) in [5.41, 5.74) is 4.05. The molecule has 0 fully saturated rings. The van der Waals surface area contributed by atoms with Crippen LogP contribution in [0.4, 0.5) is 0 Å². The molecule has 0 saturated heterocycles. The molecule has 0 unspecified atom stereocenters. The molecule has 4 aromatic rings. The molecule has 6 heteroatoms. The van der Waals surface area contributed by atoms with Crippen molar-refractivity contribution in [1.82, 2.24) is 10.4 Å². The first-order valence-corrected chi connectivity index (χ1v) is 8.32. The highest BCUT2D eigenvalue weighted by Crippen LogP contribution is 2.26. The molecule has 0 radical (unpaired) electrons. The van der Waals surface area contributed by atoms with E-state index in [0.29, 0.717) is 10.7 Å². The predicted octanol–water partition coefficient (Wildman–Crippen LogP) is 4.44. The minimum atomic E-state index is -0.503. The van der Waals surface area contributed by atoms with Crippen molar-refractivity contribution in [2.45, 2.75) is 0 Å². The fraction of sp³-hybridized carbons (Fsp3) is 0. The molecule has 5 nitrogen and oxygen atoms in total. The minimum absolute atomic E-state index is 0.0972. The van der Waals surface area contributed by atoms with Gasteiger partial charge in [-0.1, -0.05) is 54.1 Å². The number of carbonyl (C=O) groups excluding carboxylic acids is 1. The van der Waals surface area contributed by atoms with Crippen LogP contribution in [0.25, 0.3) is 21.7 Å². The molecular formula is C20H14ClN3O2. The van der Waals surface area contributed by atoms with Crippen LogP contribution in [0, 0.1) is 0 Å². The molecule has 0 aliphatic heterocycles. The molecule has 1 aromatic heterocycles. The minimum Gasteiger partial charge on any atom is -0.507 e. The van der Waals surface area contributed by atoms with Gasteiger partial charge in [0, 0.05) is 10.9 Å². The van der Waals surface area contributed by atoms with E-state index in [2.05, 4.69) is 15.5 Å². The highest BCUT2D eigenvalue weighted by Gasteiger charge is 2.12. The molecule has 0 saturated carbocycles. The summed E-state index contributed by atoms with van der Waals surface area (Å²) in [7, 11) is 0. The number of halogens is 1. The standard InChI is InChI=1S/C20H14ClN3O2/c21-19-14-7-3-4-8-16(14)23-17(19)11-22-24-20(26)15-9-12-5-1-2-6-13(12)10-18(15)25/h1-11,23,25H,(H,24,26)/b22-11+. The summed E-state index contributed by atoms with van der Waals surface area (Å²) in [4.78, 5) is 15.5. The zero-order valence-electron chi connectivity index (χ0n) is 13.5. The average molecular weight is 364 g/mol. The van der Waals surface area contributed by atoms with E-state index in [1.165, 1.54) is 6.21 Å². The SMILES string of the molecule is O=C(N/N=C/c1[nH]c2ccccc2c1Cl)c1cc2ccccc2cc1O. The lowest BCUT2D eigenvalue weighted by Crippen LogP contribution is -2.17. The van der Waals surface area contributed by atoms with Crippen molar-refractivity contribution >= 4 is 45.4 Å². The maximum Gasteiger partial charge on any atom is 0.275 e. The Morgan fingerprint density at radius 3 is 2.54 bits per heavy atom. The van der Waals surface area contributed by atoms with Gasteiger partial charge in [0.2, 0.25) is 0 Å². The van der Waals surface area contributed by atoms with E-state index >= 15 is 0 Å². The molecule has 4 rings (SSSR count). The van der Waals surface area contributed by atoms with E-state index in [1.54, 1.807) is 12.1 Å². The highest BCUT2D eigenvalue weighted by molar-refractivity contribution is 6.38. The Morgan fingerprint density at radius 2 is 1.77 bits per heavy atom. The Bertz CT molecular complexity index is 1160. The number of fused-ring (bicyclic) bond motifs is 2. The summed E-state index contributed by atoms with van der Waals surface area (Å²) in [5.74, 6) is -0.600. The van der Waals surface area contributed by atoms with Crippen LogP contribution in [-0.4, -0.2) is 22.2 Å². The average Bonchev–Trinajstić information content (AvgIpc) is 2.97. The van der Waals surface area contributed by atoms with Crippen molar-refractivity contribution in [1.29, 1.82) is 0 Å². The molecule has 0 aliphatic rings. The van der Waals surface area contributed by atoms with Gasteiger partial charge in [-0.15, -0.1) is 0 Å². The fourth-order valence-electron chi connectivity index (χ4n) is 2.84. The monoisotopic (exact) mass is 363 g/mol. The number of H-pyrrole nitrogens is 1. The summed E-state index contributed by atoms with van der Waals surface area (Å²) in [5, 5.41) is 17.2. The summed E-state index contributed by atoms with van der Waals surface area (Å²) in [6.45, 7) is 0. The Labute approximate surface area is 153 Å². The van der Waals surface area contributed by atoms with E-state index in [1.807, 2.05) is 48.5 Å². The molecule has 0 spiro atoms. The van der Waals surface area contributed by atoms with Gasteiger partial charge in [-0.2, -0.15) is 5.10 Å². The van der Waals surface area contributed by atoms with E-state index in [9.17, 15) is 9.90 Å². The number of phenolic OH excluding ortho intramolecular Hbond substituents is 1.